The quantitative estimate of drug-likeness (QED) is 0.665. The molecule has 0 unspecified atom stereocenters. The molecule has 52 valence electrons. The molecule has 1 heterocycles. The molecule has 0 saturated heterocycles. The topological polar surface area (TPSA) is 46.2 Å². The van der Waals surface area contributed by atoms with Gasteiger partial charge in [0.1, 0.15) is 0 Å². The van der Waals surface area contributed by atoms with E-state index in [1.54, 1.807) is 11.4 Å². The minimum atomic E-state index is 0.548. The maximum Gasteiger partial charge on any atom is 0.211 e. The molecule has 0 aliphatic carbocycles. The number of anilines is 1. The van der Waals surface area contributed by atoms with Gasteiger partial charge < -0.3 is 5.32 Å². The van der Waals surface area contributed by atoms with E-state index in [9.17, 15) is 9.59 Å². The smallest absolute Gasteiger partial charge is 0.211 e. The van der Waals surface area contributed by atoms with E-state index in [1.807, 2.05) is 0 Å². The Labute approximate surface area is 61.7 Å². The van der Waals surface area contributed by atoms with Crippen LogP contribution >= 0.6 is 11.3 Å². The fourth-order valence-electron chi connectivity index (χ4n) is 0.595. The predicted octanol–water partition coefficient (Wildman–Crippen LogP) is 1.13. The van der Waals surface area contributed by atoms with E-state index in [-0.39, 0.29) is 0 Å². The Balaban J connectivity index is 2.89. The Bertz CT molecular complexity index is 244. The van der Waals surface area contributed by atoms with E-state index in [4.69, 9.17) is 0 Å². The first-order chi connectivity index (χ1) is 4.88. The zero-order valence-corrected chi connectivity index (χ0v) is 5.85. The number of thiophene rings is 1. The van der Waals surface area contributed by atoms with E-state index >= 15 is 0 Å². The third-order valence-electron chi connectivity index (χ3n) is 1.02. The molecule has 3 nitrogen and oxygen atoms in total. The first kappa shape index (κ1) is 6.95. The predicted molar refractivity (Wildman–Crippen MR) is 39.4 cm³/mol. The van der Waals surface area contributed by atoms with Crippen LogP contribution in [-0.2, 0) is 4.79 Å². The summed E-state index contributed by atoms with van der Waals surface area (Å²) in [6.45, 7) is 0. The number of carbonyl (C=O) groups excluding carboxylic acids is 2. The van der Waals surface area contributed by atoms with Crippen LogP contribution in [-0.4, -0.2) is 12.7 Å². The van der Waals surface area contributed by atoms with Crippen molar-refractivity contribution in [3.05, 3.63) is 16.3 Å². The fraction of sp³-hybridized carbons (Fsp3) is 0. The van der Waals surface area contributed by atoms with Gasteiger partial charge in [0.05, 0.1) is 10.6 Å². The summed E-state index contributed by atoms with van der Waals surface area (Å²) in [6.07, 6.45) is 1.27. The van der Waals surface area contributed by atoms with Gasteiger partial charge in [-0.25, -0.2) is 0 Å². The van der Waals surface area contributed by atoms with Crippen LogP contribution in [0.5, 0.6) is 0 Å². The van der Waals surface area contributed by atoms with Gasteiger partial charge in [-0.1, -0.05) is 0 Å². The molecular weight excluding hydrogens is 150 g/mol. The molecule has 0 radical (unpaired) electrons. The Morgan fingerprint density at radius 3 is 2.90 bits per heavy atom. The van der Waals surface area contributed by atoms with Crippen molar-refractivity contribution in [2.45, 2.75) is 0 Å². The van der Waals surface area contributed by atoms with Crippen LogP contribution < -0.4 is 5.32 Å². The zero-order valence-electron chi connectivity index (χ0n) is 5.03. The lowest BCUT2D eigenvalue weighted by Crippen LogP contribution is -1.93. The number of carbonyl (C=O) groups is 2. The summed E-state index contributed by atoms with van der Waals surface area (Å²) in [4.78, 5) is 20.7. The summed E-state index contributed by atoms with van der Waals surface area (Å²) in [5, 5.41) is 4.15. The molecule has 1 rings (SSSR count). The second kappa shape index (κ2) is 3.12. The lowest BCUT2D eigenvalue weighted by atomic mass is 10.4. The largest absolute Gasteiger partial charge is 0.327 e. The van der Waals surface area contributed by atoms with Gasteiger partial charge in [-0.3, -0.25) is 9.59 Å². The van der Waals surface area contributed by atoms with E-state index in [0.29, 0.717) is 17.0 Å². The summed E-state index contributed by atoms with van der Waals surface area (Å²) in [5.41, 5.74) is 0.579. The lowest BCUT2D eigenvalue weighted by molar-refractivity contribution is -0.105. The van der Waals surface area contributed by atoms with Crippen LogP contribution in [0.3, 0.4) is 0 Å². The highest BCUT2D eigenvalue weighted by molar-refractivity contribution is 7.12. The molecule has 1 aromatic heterocycles. The second-order valence-electron chi connectivity index (χ2n) is 1.58. The van der Waals surface area contributed by atoms with Crippen molar-refractivity contribution in [2.24, 2.45) is 0 Å². The fourth-order valence-corrected chi connectivity index (χ4v) is 1.26. The number of amides is 1. The van der Waals surface area contributed by atoms with E-state index in [1.165, 1.54) is 11.3 Å². The molecule has 0 fully saturated rings. The van der Waals surface area contributed by atoms with Gasteiger partial charge in [-0.2, -0.15) is 0 Å². The maximum absolute atomic E-state index is 10.2. The Morgan fingerprint density at radius 2 is 2.30 bits per heavy atom. The zero-order chi connectivity index (χ0) is 7.40. The van der Waals surface area contributed by atoms with Crippen molar-refractivity contribution in [1.29, 1.82) is 0 Å². The van der Waals surface area contributed by atoms with Crippen molar-refractivity contribution in [2.75, 3.05) is 5.32 Å². The van der Waals surface area contributed by atoms with Crippen LogP contribution in [0.2, 0.25) is 0 Å². The first-order valence-corrected chi connectivity index (χ1v) is 3.49. The van der Waals surface area contributed by atoms with Crippen molar-refractivity contribution in [1.82, 2.24) is 0 Å². The molecular formula is C6H5NO2S. The Hall–Kier alpha value is -1.16. The van der Waals surface area contributed by atoms with Crippen molar-refractivity contribution in [3.63, 3.8) is 0 Å². The highest BCUT2D eigenvalue weighted by atomic mass is 32.1. The summed E-state index contributed by atoms with van der Waals surface area (Å²) in [6, 6.07) is 1.68. The van der Waals surface area contributed by atoms with Gasteiger partial charge in [-0.15, -0.1) is 11.3 Å². The number of hydrogen-bond donors (Lipinski definition) is 1. The molecule has 1 amide bonds. The van der Waals surface area contributed by atoms with E-state index in [0.717, 1.165) is 6.29 Å². The van der Waals surface area contributed by atoms with Crippen LogP contribution in [0.25, 0.3) is 0 Å². The summed E-state index contributed by atoms with van der Waals surface area (Å²) in [5.74, 6) is 0. The van der Waals surface area contributed by atoms with Crippen LogP contribution in [0, 0.1) is 0 Å². The van der Waals surface area contributed by atoms with Gasteiger partial charge in [0.15, 0.2) is 6.29 Å². The molecule has 0 aliphatic rings. The summed E-state index contributed by atoms with van der Waals surface area (Å²) >= 11 is 1.30. The molecule has 0 aliphatic heterocycles. The standard InChI is InChI=1S/C6H5NO2S/c8-3-6-5(7-4-9)1-2-10-6/h1-4H,(H,7,9). The highest BCUT2D eigenvalue weighted by Gasteiger charge is 1.99. The number of nitrogens with one attached hydrogen (secondary N) is 1. The molecule has 4 heteroatoms. The van der Waals surface area contributed by atoms with E-state index in [2.05, 4.69) is 5.32 Å². The SMILES string of the molecule is O=CNc1ccsc1C=O. The summed E-state index contributed by atoms with van der Waals surface area (Å²) in [7, 11) is 0. The minimum absolute atomic E-state index is 0.548. The van der Waals surface area contributed by atoms with Crippen LogP contribution in [0.1, 0.15) is 9.67 Å². The molecule has 1 N–H and O–H groups in total. The molecule has 0 atom stereocenters. The van der Waals surface area contributed by atoms with Gasteiger partial charge >= 0.3 is 0 Å². The molecule has 10 heavy (non-hydrogen) atoms. The van der Waals surface area contributed by atoms with E-state index < -0.39 is 0 Å². The van der Waals surface area contributed by atoms with Gasteiger partial charge in [0.25, 0.3) is 0 Å². The average Bonchev–Trinajstić information content (AvgIpc) is 2.36. The van der Waals surface area contributed by atoms with Crippen molar-refractivity contribution in [3.8, 4) is 0 Å². The number of hydrogen-bond acceptors (Lipinski definition) is 3. The highest BCUT2D eigenvalue weighted by Crippen LogP contribution is 2.18. The van der Waals surface area contributed by atoms with Crippen molar-refractivity contribution >= 4 is 29.7 Å². The Morgan fingerprint density at radius 1 is 1.50 bits per heavy atom. The first-order valence-electron chi connectivity index (χ1n) is 2.61. The average molecular weight is 155 g/mol. The van der Waals surface area contributed by atoms with Crippen LogP contribution in [0.15, 0.2) is 11.4 Å². The normalized spacial score (nSPS) is 8.80. The molecule has 0 spiro atoms. The van der Waals surface area contributed by atoms with Crippen molar-refractivity contribution < 1.29 is 9.59 Å². The Kier molecular flexibility index (Phi) is 2.17. The number of rotatable bonds is 3. The third-order valence-corrected chi connectivity index (χ3v) is 1.86. The molecule has 0 bridgehead atoms. The molecule has 0 saturated carbocycles. The van der Waals surface area contributed by atoms with Crippen LogP contribution in [0.4, 0.5) is 5.69 Å². The maximum atomic E-state index is 10.2. The lowest BCUT2D eigenvalue weighted by Gasteiger charge is -1.90. The van der Waals surface area contributed by atoms with Gasteiger partial charge in [0.2, 0.25) is 6.41 Å². The van der Waals surface area contributed by atoms with Gasteiger partial charge in [0, 0.05) is 0 Å². The second-order valence-corrected chi connectivity index (χ2v) is 2.53. The monoisotopic (exact) mass is 155 g/mol. The number of aldehydes is 1. The minimum Gasteiger partial charge on any atom is -0.327 e. The molecule has 0 aromatic carbocycles. The summed E-state index contributed by atoms with van der Waals surface area (Å²) < 4.78 is 0. The van der Waals surface area contributed by atoms with Gasteiger partial charge in [-0.05, 0) is 11.4 Å². The third kappa shape index (κ3) is 1.22. The molecule has 1 aromatic rings.